The second-order valence-electron chi connectivity index (χ2n) is 5.87. The highest BCUT2D eigenvalue weighted by Gasteiger charge is 2.30. The van der Waals surface area contributed by atoms with Gasteiger partial charge in [0, 0.05) is 29.4 Å². The lowest BCUT2D eigenvalue weighted by Crippen LogP contribution is -2.38. The van der Waals surface area contributed by atoms with Gasteiger partial charge < -0.3 is 4.90 Å². The average molecular weight is 378 g/mol. The Morgan fingerprint density at radius 2 is 2.04 bits per heavy atom. The zero-order valence-electron chi connectivity index (χ0n) is 13.5. The summed E-state index contributed by atoms with van der Waals surface area (Å²) in [6.45, 7) is 0.686. The summed E-state index contributed by atoms with van der Waals surface area (Å²) in [6, 6.07) is 4.87. The summed E-state index contributed by atoms with van der Waals surface area (Å²) in [7, 11) is 0. The van der Waals surface area contributed by atoms with Gasteiger partial charge in [-0.15, -0.1) is 27.3 Å². The fourth-order valence-corrected chi connectivity index (χ4v) is 3.46. The minimum atomic E-state index is -0.178. The SMILES string of the molecule is C#CCCC(=O)N1CCCCC1c1nnn(-c2cc(Cl)cc(Cl)c2)n1. The molecule has 1 aromatic heterocycles. The molecule has 2 heterocycles. The van der Waals surface area contributed by atoms with Crippen LogP contribution in [0.25, 0.3) is 5.69 Å². The Hall–Kier alpha value is -2.10. The standard InChI is InChI=1S/C17H17Cl2N5O/c1-2-3-7-16(25)23-8-5-4-6-15(23)17-20-22-24(21-17)14-10-12(18)9-13(19)11-14/h1,9-11,15H,3-8H2. The molecule has 1 amide bonds. The van der Waals surface area contributed by atoms with E-state index in [9.17, 15) is 4.79 Å². The van der Waals surface area contributed by atoms with Gasteiger partial charge in [0.15, 0.2) is 5.82 Å². The van der Waals surface area contributed by atoms with Gasteiger partial charge >= 0.3 is 0 Å². The molecular weight excluding hydrogens is 361 g/mol. The average Bonchev–Trinajstić information content (AvgIpc) is 3.09. The highest BCUT2D eigenvalue weighted by atomic mass is 35.5. The van der Waals surface area contributed by atoms with E-state index in [0.717, 1.165) is 19.3 Å². The molecule has 2 aromatic rings. The van der Waals surface area contributed by atoms with E-state index in [1.165, 1.54) is 4.80 Å². The zero-order valence-corrected chi connectivity index (χ0v) is 15.0. The van der Waals surface area contributed by atoms with E-state index < -0.39 is 0 Å². The number of carbonyl (C=O) groups is 1. The molecule has 0 aliphatic carbocycles. The van der Waals surface area contributed by atoms with Crippen molar-refractivity contribution in [1.29, 1.82) is 0 Å². The van der Waals surface area contributed by atoms with Gasteiger partial charge in [0.05, 0.1) is 11.7 Å². The first-order valence-corrected chi connectivity index (χ1v) is 8.83. The molecule has 0 saturated carbocycles. The molecule has 0 N–H and O–H groups in total. The number of hydrogen-bond donors (Lipinski definition) is 0. The van der Waals surface area contributed by atoms with Crippen molar-refractivity contribution in [3.8, 4) is 18.0 Å². The van der Waals surface area contributed by atoms with Crippen LogP contribution in [0.5, 0.6) is 0 Å². The number of carbonyl (C=O) groups excluding carboxylic acids is 1. The van der Waals surface area contributed by atoms with Crippen LogP contribution >= 0.6 is 23.2 Å². The highest BCUT2D eigenvalue weighted by Crippen LogP contribution is 2.29. The number of amides is 1. The Morgan fingerprint density at radius 3 is 2.76 bits per heavy atom. The summed E-state index contributed by atoms with van der Waals surface area (Å²) in [5, 5.41) is 13.7. The van der Waals surface area contributed by atoms with Gasteiger partial charge in [0.2, 0.25) is 5.91 Å². The van der Waals surface area contributed by atoms with Crippen molar-refractivity contribution >= 4 is 29.1 Å². The summed E-state index contributed by atoms with van der Waals surface area (Å²) in [5.41, 5.74) is 0.622. The third-order valence-corrected chi connectivity index (χ3v) is 4.55. The van der Waals surface area contributed by atoms with E-state index in [0.29, 0.717) is 40.9 Å². The lowest BCUT2D eigenvalue weighted by atomic mass is 10.0. The van der Waals surface area contributed by atoms with Crippen LogP contribution in [-0.4, -0.2) is 37.6 Å². The molecule has 1 fully saturated rings. The number of rotatable bonds is 4. The number of halogens is 2. The molecule has 1 aromatic carbocycles. The zero-order chi connectivity index (χ0) is 17.8. The van der Waals surface area contributed by atoms with Gasteiger partial charge in [0.25, 0.3) is 0 Å². The summed E-state index contributed by atoms with van der Waals surface area (Å²) in [5.74, 6) is 3.06. The second-order valence-corrected chi connectivity index (χ2v) is 6.74. The molecular formula is C17H17Cl2N5O. The minimum Gasteiger partial charge on any atom is -0.332 e. The van der Waals surface area contributed by atoms with Crippen molar-refractivity contribution in [2.45, 2.75) is 38.1 Å². The topological polar surface area (TPSA) is 63.9 Å². The Labute approximate surface area is 156 Å². The first-order chi connectivity index (χ1) is 12.1. The number of benzene rings is 1. The normalized spacial score (nSPS) is 17.3. The van der Waals surface area contributed by atoms with Crippen LogP contribution < -0.4 is 0 Å². The number of tetrazole rings is 1. The third-order valence-electron chi connectivity index (χ3n) is 4.11. The van der Waals surface area contributed by atoms with Crippen LogP contribution in [0, 0.1) is 12.3 Å². The number of aromatic nitrogens is 4. The van der Waals surface area contributed by atoms with Gasteiger partial charge in [-0.25, -0.2) is 0 Å². The predicted molar refractivity (Wildman–Crippen MR) is 95.5 cm³/mol. The van der Waals surface area contributed by atoms with Crippen LogP contribution in [0.4, 0.5) is 0 Å². The third kappa shape index (κ3) is 4.12. The molecule has 1 atom stereocenters. The Bertz CT molecular complexity index is 793. The number of nitrogens with zero attached hydrogens (tertiary/aromatic N) is 5. The largest absolute Gasteiger partial charge is 0.332 e. The van der Waals surface area contributed by atoms with Crippen LogP contribution in [0.1, 0.15) is 44.0 Å². The fourth-order valence-electron chi connectivity index (χ4n) is 2.94. The van der Waals surface area contributed by atoms with Gasteiger partial charge in [-0.1, -0.05) is 23.2 Å². The van der Waals surface area contributed by atoms with Gasteiger partial charge in [0.1, 0.15) is 0 Å². The van der Waals surface area contributed by atoms with Crippen molar-refractivity contribution in [3.05, 3.63) is 34.1 Å². The molecule has 0 radical (unpaired) electrons. The van der Waals surface area contributed by atoms with E-state index >= 15 is 0 Å². The predicted octanol–water partition coefficient (Wildman–Crippen LogP) is 3.44. The maximum Gasteiger partial charge on any atom is 0.224 e. The van der Waals surface area contributed by atoms with Crippen molar-refractivity contribution in [2.75, 3.05) is 6.54 Å². The molecule has 25 heavy (non-hydrogen) atoms. The molecule has 0 bridgehead atoms. The maximum atomic E-state index is 12.4. The maximum absolute atomic E-state index is 12.4. The lowest BCUT2D eigenvalue weighted by molar-refractivity contribution is -0.135. The Kier molecular flexibility index (Phi) is 5.57. The number of terminal acetylenes is 1. The minimum absolute atomic E-state index is 0.0322. The van der Waals surface area contributed by atoms with E-state index in [1.54, 1.807) is 18.2 Å². The highest BCUT2D eigenvalue weighted by molar-refractivity contribution is 6.34. The Morgan fingerprint density at radius 1 is 1.28 bits per heavy atom. The second kappa shape index (κ2) is 7.85. The smallest absolute Gasteiger partial charge is 0.224 e. The Balaban J connectivity index is 1.84. The van der Waals surface area contributed by atoms with Crippen LogP contribution in [-0.2, 0) is 4.79 Å². The van der Waals surface area contributed by atoms with Crippen molar-refractivity contribution in [2.24, 2.45) is 0 Å². The van der Waals surface area contributed by atoms with Crippen LogP contribution in [0.2, 0.25) is 10.0 Å². The summed E-state index contributed by atoms with van der Waals surface area (Å²) < 4.78 is 0. The number of likely N-dealkylation sites (tertiary alicyclic amines) is 1. The molecule has 1 aliphatic heterocycles. The molecule has 1 unspecified atom stereocenters. The molecule has 130 valence electrons. The molecule has 8 heteroatoms. The van der Waals surface area contributed by atoms with Crippen LogP contribution in [0.15, 0.2) is 18.2 Å². The van der Waals surface area contributed by atoms with Crippen molar-refractivity contribution in [1.82, 2.24) is 25.1 Å². The monoisotopic (exact) mass is 377 g/mol. The van der Waals surface area contributed by atoms with Gasteiger partial charge in [-0.2, -0.15) is 0 Å². The number of piperidine rings is 1. The molecule has 3 rings (SSSR count). The molecule has 1 saturated heterocycles. The van der Waals surface area contributed by atoms with Gasteiger partial charge in [-0.05, 0) is 42.7 Å². The molecule has 0 spiro atoms. The van der Waals surface area contributed by atoms with E-state index in [2.05, 4.69) is 21.3 Å². The van der Waals surface area contributed by atoms with Crippen molar-refractivity contribution < 1.29 is 4.79 Å². The lowest BCUT2D eigenvalue weighted by Gasteiger charge is -2.33. The molecule has 1 aliphatic rings. The molecule has 6 nitrogen and oxygen atoms in total. The first kappa shape index (κ1) is 17.7. The fraction of sp³-hybridized carbons (Fsp3) is 0.412. The summed E-state index contributed by atoms with van der Waals surface area (Å²) in [4.78, 5) is 15.6. The summed E-state index contributed by atoms with van der Waals surface area (Å²) in [6.07, 6.45) is 8.83. The van der Waals surface area contributed by atoms with Crippen LogP contribution in [0.3, 0.4) is 0 Å². The van der Waals surface area contributed by atoms with E-state index in [-0.39, 0.29) is 11.9 Å². The first-order valence-electron chi connectivity index (χ1n) is 8.08. The van der Waals surface area contributed by atoms with Gasteiger partial charge in [-0.3, -0.25) is 4.79 Å². The van der Waals surface area contributed by atoms with Crippen molar-refractivity contribution in [3.63, 3.8) is 0 Å². The summed E-state index contributed by atoms with van der Waals surface area (Å²) >= 11 is 12.1. The van der Waals surface area contributed by atoms with E-state index in [4.69, 9.17) is 29.6 Å². The van der Waals surface area contributed by atoms with E-state index in [1.807, 2.05) is 4.90 Å². The number of hydrogen-bond acceptors (Lipinski definition) is 4. The quantitative estimate of drug-likeness (QED) is 0.765.